The van der Waals surface area contributed by atoms with Crippen LogP contribution in [0.15, 0.2) is 0 Å². The van der Waals surface area contributed by atoms with Crippen molar-refractivity contribution in [2.75, 3.05) is 43.1 Å². The second-order valence-corrected chi connectivity index (χ2v) is 6.56. The molecule has 2 saturated heterocycles. The van der Waals surface area contributed by atoms with Gasteiger partial charge in [0.25, 0.3) is 0 Å². The second-order valence-electron chi connectivity index (χ2n) is 6.56. The van der Waals surface area contributed by atoms with Gasteiger partial charge in [0.2, 0.25) is 11.9 Å². The lowest BCUT2D eigenvalue weighted by Crippen LogP contribution is -2.29. The van der Waals surface area contributed by atoms with E-state index in [4.69, 9.17) is 9.72 Å². The molecule has 0 radical (unpaired) electrons. The number of rotatable bonds is 4. The van der Waals surface area contributed by atoms with E-state index < -0.39 is 0 Å². The summed E-state index contributed by atoms with van der Waals surface area (Å²) in [7, 11) is 1.59. The van der Waals surface area contributed by atoms with Crippen molar-refractivity contribution < 1.29 is 9.84 Å². The number of hydrogen-bond acceptors (Lipinski definition) is 7. The van der Waals surface area contributed by atoms with Crippen LogP contribution in [0.5, 0.6) is 6.01 Å². The van der Waals surface area contributed by atoms with E-state index in [1.807, 2.05) is 6.92 Å². The zero-order chi connectivity index (χ0) is 16.2. The number of ether oxygens (including phenoxy) is 1. The predicted octanol–water partition coefficient (Wildman–Crippen LogP) is 1.47. The van der Waals surface area contributed by atoms with Crippen LogP contribution in [-0.4, -0.2) is 59.5 Å². The summed E-state index contributed by atoms with van der Waals surface area (Å²) in [6, 6.07) is 0.370. The summed E-state index contributed by atoms with van der Waals surface area (Å²) in [4.78, 5) is 17.9. The van der Waals surface area contributed by atoms with Crippen molar-refractivity contribution in [1.29, 1.82) is 0 Å². The fourth-order valence-electron chi connectivity index (χ4n) is 3.34. The van der Waals surface area contributed by atoms with Gasteiger partial charge in [-0.25, -0.2) is 0 Å². The summed E-state index contributed by atoms with van der Waals surface area (Å²) in [5, 5.41) is 9.79. The first-order chi connectivity index (χ1) is 11.2. The Morgan fingerprint density at radius 1 is 1.00 bits per heavy atom. The molecule has 2 aliphatic rings. The fraction of sp³-hybridized carbons (Fsp3) is 0.812. The van der Waals surface area contributed by atoms with Crippen molar-refractivity contribution in [3.05, 3.63) is 0 Å². The zero-order valence-electron chi connectivity index (χ0n) is 14.1. The molecule has 0 spiro atoms. The molecule has 128 valence electrons. The van der Waals surface area contributed by atoms with E-state index in [0.717, 1.165) is 32.6 Å². The second kappa shape index (κ2) is 7.29. The van der Waals surface area contributed by atoms with Crippen molar-refractivity contribution in [1.82, 2.24) is 15.0 Å². The van der Waals surface area contributed by atoms with Gasteiger partial charge in [-0.1, -0.05) is 12.8 Å². The van der Waals surface area contributed by atoms with E-state index in [9.17, 15) is 5.11 Å². The third kappa shape index (κ3) is 3.83. The zero-order valence-corrected chi connectivity index (χ0v) is 14.1. The number of aliphatic hydroxyl groups excluding tert-OH is 1. The summed E-state index contributed by atoms with van der Waals surface area (Å²) in [6.45, 7) is 5.48. The predicted molar refractivity (Wildman–Crippen MR) is 89.1 cm³/mol. The maximum atomic E-state index is 9.79. The van der Waals surface area contributed by atoms with Gasteiger partial charge in [-0.3, -0.25) is 0 Å². The van der Waals surface area contributed by atoms with Crippen LogP contribution in [0.25, 0.3) is 0 Å². The van der Waals surface area contributed by atoms with Gasteiger partial charge in [0.1, 0.15) is 0 Å². The molecule has 7 nitrogen and oxygen atoms in total. The van der Waals surface area contributed by atoms with E-state index >= 15 is 0 Å². The van der Waals surface area contributed by atoms with Crippen LogP contribution in [0.1, 0.15) is 39.0 Å². The summed E-state index contributed by atoms with van der Waals surface area (Å²) in [6.07, 6.45) is 5.56. The van der Waals surface area contributed by atoms with Gasteiger partial charge >= 0.3 is 6.01 Å². The van der Waals surface area contributed by atoms with Gasteiger partial charge in [-0.05, 0) is 26.2 Å². The molecule has 7 heteroatoms. The summed E-state index contributed by atoms with van der Waals surface area (Å²) < 4.78 is 5.29. The SMILES string of the molecule is COc1nc(N2CCCCCC2)nc(N2CCC(C(C)O)C2)n1. The first kappa shape index (κ1) is 16.2. The number of hydrogen-bond donors (Lipinski definition) is 1. The van der Waals surface area contributed by atoms with Crippen LogP contribution < -0.4 is 14.5 Å². The van der Waals surface area contributed by atoms with E-state index in [-0.39, 0.29) is 12.0 Å². The first-order valence-corrected chi connectivity index (χ1v) is 8.65. The van der Waals surface area contributed by atoms with Gasteiger partial charge in [-0.15, -0.1) is 0 Å². The van der Waals surface area contributed by atoms with Gasteiger partial charge in [0.15, 0.2) is 0 Å². The quantitative estimate of drug-likeness (QED) is 0.900. The summed E-state index contributed by atoms with van der Waals surface area (Å²) >= 11 is 0. The molecule has 0 aliphatic carbocycles. The van der Waals surface area contributed by atoms with Crippen molar-refractivity contribution in [2.24, 2.45) is 5.92 Å². The Hall–Kier alpha value is -1.63. The molecule has 2 aliphatic heterocycles. The van der Waals surface area contributed by atoms with Gasteiger partial charge in [0, 0.05) is 32.1 Å². The molecule has 0 amide bonds. The van der Waals surface area contributed by atoms with Gasteiger partial charge < -0.3 is 19.6 Å². The van der Waals surface area contributed by atoms with Crippen LogP contribution in [0.4, 0.5) is 11.9 Å². The highest BCUT2D eigenvalue weighted by Gasteiger charge is 2.29. The molecule has 0 bridgehead atoms. The number of anilines is 2. The lowest BCUT2D eigenvalue weighted by Gasteiger charge is -2.23. The Kier molecular flexibility index (Phi) is 5.15. The topological polar surface area (TPSA) is 74.6 Å². The molecule has 1 aromatic rings. The Bertz CT molecular complexity index is 517. The number of aliphatic hydroxyl groups is 1. The lowest BCUT2D eigenvalue weighted by molar-refractivity contribution is 0.136. The highest BCUT2D eigenvalue weighted by molar-refractivity contribution is 5.41. The lowest BCUT2D eigenvalue weighted by atomic mass is 10.0. The third-order valence-electron chi connectivity index (χ3n) is 4.85. The van der Waals surface area contributed by atoms with Gasteiger partial charge in [-0.2, -0.15) is 15.0 Å². The first-order valence-electron chi connectivity index (χ1n) is 8.65. The molecule has 2 unspecified atom stereocenters. The summed E-state index contributed by atoms with van der Waals surface area (Å²) in [5.74, 6) is 1.66. The van der Waals surface area contributed by atoms with Crippen molar-refractivity contribution in [2.45, 2.75) is 45.1 Å². The van der Waals surface area contributed by atoms with E-state index in [1.165, 1.54) is 25.7 Å². The monoisotopic (exact) mass is 321 g/mol. The van der Waals surface area contributed by atoms with Crippen molar-refractivity contribution >= 4 is 11.9 Å². The molecular formula is C16H27N5O2. The Morgan fingerprint density at radius 2 is 1.65 bits per heavy atom. The molecule has 0 aromatic carbocycles. The minimum Gasteiger partial charge on any atom is -0.467 e. The summed E-state index contributed by atoms with van der Waals surface area (Å²) in [5.41, 5.74) is 0. The third-order valence-corrected chi connectivity index (χ3v) is 4.85. The minimum absolute atomic E-state index is 0.277. The average molecular weight is 321 g/mol. The molecule has 2 atom stereocenters. The van der Waals surface area contributed by atoms with Crippen LogP contribution >= 0.6 is 0 Å². The number of aromatic nitrogens is 3. The fourth-order valence-corrected chi connectivity index (χ4v) is 3.34. The van der Waals surface area contributed by atoms with E-state index in [1.54, 1.807) is 7.11 Å². The molecule has 1 aromatic heterocycles. The molecular weight excluding hydrogens is 294 g/mol. The normalized spacial score (nSPS) is 23.7. The maximum Gasteiger partial charge on any atom is 0.322 e. The molecule has 3 heterocycles. The Morgan fingerprint density at radius 3 is 2.22 bits per heavy atom. The van der Waals surface area contributed by atoms with E-state index in [0.29, 0.717) is 17.9 Å². The largest absolute Gasteiger partial charge is 0.467 e. The van der Waals surface area contributed by atoms with E-state index in [2.05, 4.69) is 19.8 Å². The molecule has 3 rings (SSSR count). The van der Waals surface area contributed by atoms with Crippen LogP contribution in [0.3, 0.4) is 0 Å². The Balaban J connectivity index is 1.81. The highest BCUT2D eigenvalue weighted by atomic mass is 16.5. The molecule has 1 N–H and O–H groups in total. The Labute approximate surface area is 137 Å². The number of methoxy groups -OCH3 is 1. The molecule has 23 heavy (non-hydrogen) atoms. The number of nitrogens with zero attached hydrogens (tertiary/aromatic N) is 5. The van der Waals surface area contributed by atoms with Crippen molar-refractivity contribution in [3.8, 4) is 6.01 Å². The maximum absolute atomic E-state index is 9.79. The average Bonchev–Trinajstić information content (AvgIpc) is 2.91. The minimum atomic E-state index is -0.297. The van der Waals surface area contributed by atoms with Crippen LogP contribution in [-0.2, 0) is 0 Å². The standard InChI is InChI=1S/C16H27N5O2/c1-12(22)13-7-10-21(11-13)15-17-14(18-16(19-15)23-2)20-8-5-3-4-6-9-20/h12-13,22H,3-11H2,1-2H3. The highest BCUT2D eigenvalue weighted by Crippen LogP contribution is 2.26. The van der Waals surface area contributed by atoms with Crippen LogP contribution in [0.2, 0.25) is 0 Å². The van der Waals surface area contributed by atoms with Gasteiger partial charge in [0.05, 0.1) is 13.2 Å². The molecule has 0 saturated carbocycles. The van der Waals surface area contributed by atoms with Crippen molar-refractivity contribution in [3.63, 3.8) is 0 Å². The molecule has 2 fully saturated rings. The van der Waals surface area contributed by atoms with Crippen LogP contribution in [0, 0.1) is 5.92 Å². The smallest absolute Gasteiger partial charge is 0.322 e.